The number of nitrogens with zero attached hydrogens (tertiary/aromatic N) is 1. The van der Waals surface area contributed by atoms with Crippen LogP contribution in [0.2, 0.25) is 0 Å². The number of nitro groups is 1. The lowest BCUT2D eigenvalue weighted by Gasteiger charge is -2.10. The van der Waals surface area contributed by atoms with E-state index >= 15 is 0 Å². The van der Waals surface area contributed by atoms with Gasteiger partial charge in [-0.25, -0.2) is 0 Å². The summed E-state index contributed by atoms with van der Waals surface area (Å²) in [6.07, 6.45) is -4.38. The average Bonchev–Trinajstić information content (AvgIpc) is 3.18. The molecule has 404 valence electrons. The molecule has 0 bridgehead atoms. The molecule has 4 aromatic rings. The molecule has 0 heterocycles. The Morgan fingerprint density at radius 3 is 1.31 bits per heavy atom. The van der Waals surface area contributed by atoms with Gasteiger partial charge in [0.1, 0.15) is 11.5 Å². The zero-order valence-electron chi connectivity index (χ0n) is 34.9. The Hall–Kier alpha value is -5.99. The first-order valence-electron chi connectivity index (χ1n) is 17.2. The minimum atomic E-state index is -5.84. The number of carbonyl (C=O) groups is 2. The van der Waals surface area contributed by atoms with Crippen LogP contribution in [0.4, 0.5) is 77.2 Å². The zero-order valence-corrected chi connectivity index (χ0v) is 39.7. The molecule has 0 radical (unpaired) electrons. The largest absolute Gasteiger partial charge is 0.534 e. The minimum Gasteiger partial charge on any atom is -0.376 e. The Morgan fingerprint density at radius 2 is 0.986 bits per heavy atom. The van der Waals surface area contributed by atoms with Gasteiger partial charge in [-0.2, -0.15) is 99.5 Å². The molecule has 38 heteroatoms. The van der Waals surface area contributed by atoms with Gasteiger partial charge in [-0.15, -0.1) is 0 Å². The Morgan fingerprint density at radius 1 is 0.597 bits per heavy atom. The van der Waals surface area contributed by atoms with E-state index in [1.807, 2.05) is 0 Å². The summed E-state index contributed by atoms with van der Waals surface area (Å²) in [6, 6.07) is 15.9. The molecule has 0 aromatic heterocycles. The van der Waals surface area contributed by atoms with Gasteiger partial charge in [0.25, 0.3) is 5.69 Å². The van der Waals surface area contributed by atoms with Crippen molar-refractivity contribution in [2.75, 3.05) is 5.32 Å². The molecular weight excluding hydrogens is 1190 g/mol. The van der Waals surface area contributed by atoms with Gasteiger partial charge in [0.2, 0.25) is 5.91 Å². The lowest BCUT2D eigenvalue weighted by Crippen LogP contribution is -2.28. The number of halogens is 16. The predicted molar refractivity (Wildman–Crippen MR) is 219 cm³/mol. The van der Waals surface area contributed by atoms with Crippen LogP contribution in [0.5, 0.6) is 17.2 Å². The summed E-state index contributed by atoms with van der Waals surface area (Å²) < 4.78 is 277. The van der Waals surface area contributed by atoms with E-state index in [0.29, 0.717) is 5.69 Å². The van der Waals surface area contributed by atoms with Crippen LogP contribution in [0.25, 0.3) is 0 Å². The number of anilines is 1. The standard InChI is InChI=1S/C9H8F3NO4S.C9H7F3O.C8H6BrF3O3S.C7H4F3NO5S.CHF3O3S/c1-6(14)13-7-2-4-8(5-3-7)17-18(15,16)9(10,11)12;1-6(13)7-3-2-4-8(5-7)9(10,11)12;1-5-2-3-7(6(9)4-5)15-16(13,14)8(10,11)12;8-7(9,10)17(14,15)16-6-3-1-5(2-4-6)11(12)13;2-1(3,4)8(5,6)7/h2-5H,1H3,(H,13,14);2-5H,1H3;2-4H,1H3;1-4H;(H,5,6,7). The average molecular weight is 1210 g/mol. The van der Waals surface area contributed by atoms with Gasteiger partial charge in [0, 0.05) is 30.3 Å². The van der Waals surface area contributed by atoms with Crippen LogP contribution in [-0.4, -0.2) is 76.9 Å². The van der Waals surface area contributed by atoms with Gasteiger partial charge in [-0.3, -0.25) is 24.3 Å². The van der Waals surface area contributed by atoms with Crippen molar-refractivity contribution in [2.24, 2.45) is 0 Å². The van der Waals surface area contributed by atoms with Crippen LogP contribution in [0.3, 0.4) is 0 Å². The number of ketones is 1. The van der Waals surface area contributed by atoms with Crippen molar-refractivity contribution >= 4 is 79.5 Å². The minimum absolute atomic E-state index is 0.0785. The van der Waals surface area contributed by atoms with E-state index in [0.717, 1.165) is 60.2 Å². The number of alkyl halides is 15. The van der Waals surface area contributed by atoms with Crippen LogP contribution >= 0.6 is 15.9 Å². The van der Waals surface area contributed by atoms with E-state index < -0.39 is 102 Å². The second kappa shape index (κ2) is 25.1. The second-order valence-electron chi connectivity index (χ2n) is 12.4. The molecule has 4 aromatic carbocycles. The number of carbonyl (C=O) groups excluding carboxylic acids is 2. The van der Waals surface area contributed by atoms with Crippen molar-refractivity contribution in [3.63, 3.8) is 0 Å². The van der Waals surface area contributed by atoms with Gasteiger partial charge in [-0.1, -0.05) is 18.2 Å². The summed E-state index contributed by atoms with van der Waals surface area (Å²) in [5.41, 5.74) is -22.1. The van der Waals surface area contributed by atoms with Crippen molar-refractivity contribution in [1.29, 1.82) is 0 Å². The van der Waals surface area contributed by atoms with Crippen LogP contribution in [-0.2, 0) is 51.4 Å². The maximum absolute atomic E-state index is 12.1. The van der Waals surface area contributed by atoms with Crippen LogP contribution < -0.4 is 17.9 Å². The van der Waals surface area contributed by atoms with E-state index in [4.69, 9.17) is 13.0 Å². The van der Waals surface area contributed by atoms with Gasteiger partial charge in [-0.05, 0) is 96.0 Å². The van der Waals surface area contributed by atoms with Gasteiger partial charge >= 0.3 is 68.7 Å². The maximum atomic E-state index is 12.1. The topological polar surface area (TPSA) is 274 Å². The van der Waals surface area contributed by atoms with Crippen molar-refractivity contribution < 1.29 is 131 Å². The van der Waals surface area contributed by atoms with Crippen LogP contribution in [0.1, 0.15) is 35.3 Å². The fraction of sp³-hybridized carbons (Fsp3) is 0.235. The van der Waals surface area contributed by atoms with E-state index in [9.17, 15) is 111 Å². The number of non-ortho nitro benzene ring substituents is 1. The molecule has 0 aliphatic rings. The van der Waals surface area contributed by atoms with Crippen molar-refractivity contribution in [2.45, 2.75) is 49.0 Å². The Balaban J connectivity index is 0.000000893. The Bertz CT molecular complexity index is 2970. The highest BCUT2D eigenvalue weighted by atomic mass is 79.9. The van der Waals surface area contributed by atoms with Gasteiger partial charge < -0.3 is 17.9 Å². The van der Waals surface area contributed by atoms with Crippen molar-refractivity contribution in [1.82, 2.24) is 0 Å². The molecule has 4 rings (SSSR count). The molecule has 0 unspecified atom stereocenters. The lowest BCUT2D eigenvalue weighted by atomic mass is 10.1. The number of Topliss-reactive ketones (excluding diaryl/α,β-unsaturated/α-hetero) is 1. The number of rotatable bonds is 9. The molecule has 1 amide bonds. The first kappa shape index (κ1) is 66.0. The fourth-order valence-corrected chi connectivity index (χ4v) is 5.60. The highest BCUT2D eigenvalue weighted by molar-refractivity contribution is 9.10. The number of amides is 1. The zero-order chi connectivity index (χ0) is 56.9. The molecular formula is C34H26BrF15N2O16S4. The molecule has 0 spiro atoms. The van der Waals surface area contributed by atoms with E-state index in [1.165, 1.54) is 50.2 Å². The smallest absolute Gasteiger partial charge is 0.376 e. The lowest BCUT2D eigenvalue weighted by molar-refractivity contribution is -0.384. The highest BCUT2D eigenvalue weighted by Gasteiger charge is 2.50. The van der Waals surface area contributed by atoms with Gasteiger partial charge in [0.05, 0.1) is 15.0 Å². The first-order chi connectivity index (χ1) is 32.0. The molecule has 0 fully saturated rings. The molecule has 72 heavy (non-hydrogen) atoms. The number of benzene rings is 4. The van der Waals surface area contributed by atoms with E-state index in [-0.39, 0.29) is 21.7 Å². The summed E-state index contributed by atoms with van der Waals surface area (Å²) in [6.45, 7) is 4.18. The third-order valence-electron chi connectivity index (χ3n) is 6.66. The van der Waals surface area contributed by atoms with Crippen LogP contribution in [0.15, 0.2) is 95.5 Å². The third kappa shape index (κ3) is 22.6. The molecule has 0 saturated carbocycles. The molecule has 0 aliphatic carbocycles. The van der Waals surface area contributed by atoms with Crippen molar-refractivity contribution in [3.8, 4) is 17.2 Å². The SMILES string of the molecule is CC(=O)Nc1ccc(OS(=O)(=O)C(F)(F)F)cc1.CC(=O)c1cccc(C(F)(F)F)c1.Cc1ccc(OS(=O)(=O)C(F)(F)F)c(Br)c1.O=S(=O)(O)C(F)(F)F.O=[N+]([O-])c1ccc(OS(=O)(=O)C(F)(F)F)cc1. The number of nitro benzene ring substituents is 1. The Kier molecular flexibility index (Phi) is 23.0. The summed E-state index contributed by atoms with van der Waals surface area (Å²) in [7, 11) is -22.9. The summed E-state index contributed by atoms with van der Waals surface area (Å²) >= 11 is 2.91. The predicted octanol–water partition coefficient (Wildman–Crippen LogP) is 9.98. The summed E-state index contributed by atoms with van der Waals surface area (Å²) in [4.78, 5) is 30.9. The number of nitrogens with one attached hydrogen (secondary N) is 1. The first-order valence-corrected chi connectivity index (χ1v) is 23.6. The maximum Gasteiger partial charge on any atom is 0.534 e. The number of hydrogen-bond donors (Lipinski definition) is 2. The number of aryl methyl sites for hydroxylation is 1. The van der Waals surface area contributed by atoms with Crippen LogP contribution in [0, 0.1) is 17.0 Å². The second-order valence-corrected chi connectivity index (χ2v) is 19.3. The molecule has 0 aliphatic heterocycles. The molecule has 18 nitrogen and oxygen atoms in total. The highest BCUT2D eigenvalue weighted by Crippen LogP contribution is 2.33. The summed E-state index contributed by atoms with van der Waals surface area (Å²) in [5.74, 6) is -2.30. The van der Waals surface area contributed by atoms with Crippen molar-refractivity contribution in [3.05, 3.63) is 122 Å². The molecule has 2 N–H and O–H groups in total. The Labute approximate surface area is 403 Å². The molecule has 0 atom stereocenters. The van der Waals surface area contributed by atoms with Gasteiger partial charge in [0.15, 0.2) is 11.5 Å². The van der Waals surface area contributed by atoms with E-state index in [2.05, 4.69) is 33.8 Å². The molecule has 0 saturated heterocycles. The van der Waals surface area contributed by atoms with E-state index in [1.54, 1.807) is 6.92 Å². The fourth-order valence-electron chi connectivity index (χ4n) is 3.52. The third-order valence-corrected chi connectivity index (χ3v) is 10.8. The monoisotopic (exact) mass is 1210 g/mol. The summed E-state index contributed by atoms with van der Waals surface area (Å²) in [5, 5.41) is 12.6. The number of hydrogen-bond acceptors (Lipinski definition) is 15. The quantitative estimate of drug-likeness (QED) is 0.0300. The normalized spacial score (nSPS) is 12.3.